The average molecular weight is 295 g/mol. The maximum atomic E-state index is 6.04. The Labute approximate surface area is 133 Å². The van der Waals surface area contributed by atoms with Crippen molar-refractivity contribution in [1.29, 1.82) is 0 Å². The van der Waals surface area contributed by atoms with Crippen molar-refractivity contribution >= 4 is 5.69 Å². The van der Waals surface area contributed by atoms with E-state index in [-0.39, 0.29) is 0 Å². The molecule has 116 valence electrons. The molecule has 3 rings (SSSR count). The summed E-state index contributed by atoms with van der Waals surface area (Å²) in [6.07, 6.45) is 11.9. The van der Waals surface area contributed by atoms with Crippen LogP contribution in [-0.4, -0.2) is 13.1 Å². The molecule has 1 heterocycles. The van der Waals surface area contributed by atoms with Crippen molar-refractivity contribution in [2.75, 3.05) is 18.0 Å². The van der Waals surface area contributed by atoms with Crippen LogP contribution in [0.5, 0.6) is 5.75 Å². The van der Waals surface area contributed by atoms with Crippen molar-refractivity contribution in [3.05, 3.63) is 59.9 Å². The van der Waals surface area contributed by atoms with Crippen LogP contribution in [-0.2, 0) is 0 Å². The Bertz CT molecular complexity index is 604. The summed E-state index contributed by atoms with van der Waals surface area (Å²) < 4.78 is 6.04. The van der Waals surface area contributed by atoms with Crippen LogP contribution in [0.2, 0.25) is 0 Å². The molecular formula is C20H25NO. The Balaban J connectivity index is 1.71. The highest BCUT2D eigenvalue weighted by Crippen LogP contribution is 2.27. The normalized spacial score (nSPS) is 19.5. The van der Waals surface area contributed by atoms with E-state index in [0.717, 1.165) is 36.9 Å². The number of benzene rings is 1. The molecule has 1 aromatic carbocycles. The van der Waals surface area contributed by atoms with Gasteiger partial charge in [-0.15, -0.1) is 0 Å². The minimum absolute atomic E-state index is 0.854. The van der Waals surface area contributed by atoms with Gasteiger partial charge in [0.05, 0.1) is 0 Å². The highest BCUT2D eigenvalue weighted by atomic mass is 16.5. The van der Waals surface area contributed by atoms with E-state index in [9.17, 15) is 0 Å². The fraction of sp³-hybridized carbons (Fsp3) is 0.400. The molecule has 0 amide bonds. The molecule has 1 aromatic rings. The van der Waals surface area contributed by atoms with E-state index in [1.54, 1.807) is 0 Å². The summed E-state index contributed by atoms with van der Waals surface area (Å²) in [6.45, 7) is 6.78. The summed E-state index contributed by atoms with van der Waals surface area (Å²) in [5, 5.41) is 0. The predicted octanol–water partition coefficient (Wildman–Crippen LogP) is 5.09. The number of anilines is 1. The molecule has 2 aliphatic rings. The Morgan fingerprint density at radius 3 is 2.77 bits per heavy atom. The molecule has 0 aromatic heterocycles. The molecule has 1 saturated heterocycles. The zero-order chi connectivity index (χ0) is 15.4. The lowest BCUT2D eigenvalue weighted by molar-refractivity contribution is 0.434. The van der Waals surface area contributed by atoms with Gasteiger partial charge in [-0.05, 0) is 56.4 Å². The van der Waals surface area contributed by atoms with Gasteiger partial charge in [0.25, 0.3) is 0 Å². The number of piperidine rings is 1. The van der Waals surface area contributed by atoms with Crippen LogP contribution in [0, 0.1) is 5.92 Å². The summed E-state index contributed by atoms with van der Waals surface area (Å²) >= 11 is 0. The molecule has 0 unspecified atom stereocenters. The molecule has 1 fully saturated rings. The van der Waals surface area contributed by atoms with Gasteiger partial charge in [0.2, 0.25) is 0 Å². The first-order valence-electron chi connectivity index (χ1n) is 8.27. The van der Waals surface area contributed by atoms with Crippen molar-refractivity contribution in [1.82, 2.24) is 0 Å². The van der Waals surface area contributed by atoms with Crippen LogP contribution in [0.4, 0.5) is 5.69 Å². The zero-order valence-corrected chi connectivity index (χ0v) is 13.6. The van der Waals surface area contributed by atoms with Crippen molar-refractivity contribution in [2.24, 2.45) is 5.92 Å². The summed E-state index contributed by atoms with van der Waals surface area (Å²) in [4.78, 5) is 2.47. The lowest BCUT2D eigenvalue weighted by Crippen LogP contribution is -2.32. The van der Waals surface area contributed by atoms with Crippen molar-refractivity contribution in [3.63, 3.8) is 0 Å². The molecule has 2 heteroatoms. The Hall–Kier alpha value is -1.96. The zero-order valence-electron chi connectivity index (χ0n) is 13.6. The number of hydrogen-bond acceptors (Lipinski definition) is 2. The monoisotopic (exact) mass is 295 g/mol. The first-order valence-corrected chi connectivity index (χ1v) is 8.27. The molecule has 0 spiro atoms. The Morgan fingerprint density at radius 2 is 1.95 bits per heavy atom. The first kappa shape index (κ1) is 15.0. The lowest BCUT2D eigenvalue weighted by atomic mass is 9.99. The molecule has 2 nitrogen and oxygen atoms in total. The van der Waals surface area contributed by atoms with E-state index in [1.807, 2.05) is 12.1 Å². The molecule has 0 radical (unpaired) electrons. The van der Waals surface area contributed by atoms with E-state index in [1.165, 1.54) is 24.1 Å². The standard InChI is InChI=1S/C20H25NO/c1-16-5-3-7-19(10-9-16)22-20-8-4-6-18(15-20)21-13-11-17(2)12-14-21/h3-4,6-10,15,17H,5,11-14H2,1-2H3. The van der Waals surface area contributed by atoms with E-state index >= 15 is 0 Å². The maximum Gasteiger partial charge on any atom is 0.129 e. The van der Waals surface area contributed by atoms with Crippen molar-refractivity contribution in [2.45, 2.75) is 33.1 Å². The second-order valence-electron chi connectivity index (χ2n) is 6.46. The fourth-order valence-electron chi connectivity index (χ4n) is 2.92. The van der Waals surface area contributed by atoms with Crippen LogP contribution >= 0.6 is 0 Å². The van der Waals surface area contributed by atoms with E-state index in [4.69, 9.17) is 4.74 Å². The summed E-state index contributed by atoms with van der Waals surface area (Å²) in [7, 11) is 0. The number of allylic oxidation sites excluding steroid dienone is 5. The van der Waals surface area contributed by atoms with Gasteiger partial charge in [-0.2, -0.15) is 0 Å². The average Bonchev–Trinajstić information content (AvgIpc) is 2.73. The molecule has 0 bridgehead atoms. The third-order valence-corrected chi connectivity index (χ3v) is 4.46. The minimum Gasteiger partial charge on any atom is -0.457 e. The third kappa shape index (κ3) is 3.82. The molecule has 0 N–H and O–H groups in total. The van der Waals surface area contributed by atoms with Gasteiger partial charge in [0.1, 0.15) is 11.5 Å². The summed E-state index contributed by atoms with van der Waals surface area (Å²) in [5.41, 5.74) is 2.63. The number of rotatable bonds is 3. The van der Waals surface area contributed by atoms with Crippen LogP contribution in [0.25, 0.3) is 0 Å². The van der Waals surface area contributed by atoms with Crippen LogP contribution in [0.3, 0.4) is 0 Å². The van der Waals surface area contributed by atoms with E-state index < -0.39 is 0 Å². The molecular weight excluding hydrogens is 270 g/mol. The topological polar surface area (TPSA) is 12.5 Å². The highest BCUT2D eigenvalue weighted by Gasteiger charge is 2.16. The van der Waals surface area contributed by atoms with Gasteiger partial charge in [-0.3, -0.25) is 0 Å². The quantitative estimate of drug-likeness (QED) is 0.770. The smallest absolute Gasteiger partial charge is 0.129 e. The molecule has 0 atom stereocenters. The second-order valence-corrected chi connectivity index (χ2v) is 6.46. The highest BCUT2D eigenvalue weighted by molar-refractivity contribution is 5.51. The predicted molar refractivity (Wildman–Crippen MR) is 93.3 cm³/mol. The number of hydrogen-bond donors (Lipinski definition) is 0. The molecule has 1 aliphatic heterocycles. The Morgan fingerprint density at radius 1 is 1.14 bits per heavy atom. The number of ether oxygens (including phenoxy) is 1. The minimum atomic E-state index is 0.854. The summed E-state index contributed by atoms with van der Waals surface area (Å²) in [5.74, 6) is 2.67. The van der Waals surface area contributed by atoms with E-state index in [2.05, 4.69) is 55.2 Å². The van der Waals surface area contributed by atoms with Crippen molar-refractivity contribution < 1.29 is 4.74 Å². The van der Waals surface area contributed by atoms with Crippen molar-refractivity contribution in [3.8, 4) is 5.75 Å². The largest absolute Gasteiger partial charge is 0.457 e. The van der Waals surface area contributed by atoms with Crippen LogP contribution < -0.4 is 9.64 Å². The maximum absolute atomic E-state index is 6.04. The number of nitrogens with zero attached hydrogens (tertiary/aromatic N) is 1. The lowest BCUT2D eigenvalue weighted by Gasteiger charge is -2.32. The molecule has 0 saturated carbocycles. The van der Waals surface area contributed by atoms with Gasteiger partial charge in [0.15, 0.2) is 0 Å². The molecule has 22 heavy (non-hydrogen) atoms. The van der Waals surface area contributed by atoms with Crippen LogP contribution in [0.15, 0.2) is 59.9 Å². The van der Waals surface area contributed by atoms with Gasteiger partial charge in [0, 0.05) is 24.8 Å². The van der Waals surface area contributed by atoms with Gasteiger partial charge in [-0.1, -0.05) is 30.7 Å². The van der Waals surface area contributed by atoms with Crippen LogP contribution in [0.1, 0.15) is 33.1 Å². The van der Waals surface area contributed by atoms with Gasteiger partial charge >= 0.3 is 0 Å². The third-order valence-electron chi connectivity index (χ3n) is 4.46. The summed E-state index contributed by atoms with van der Waals surface area (Å²) in [6, 6.07) is 8.47. The SMILES string of the molecule is CC1=CC=C(Oc2cccc(N3CCC(C)CC3)c2)C=CC1. The molecule has 1 aliphatic carbocycles. The van der Waals surface area contributed by atoms with E-state index in [0.29, 0.717) is 0 Å². The fourth-order valence-corrected chi connectivity index (χ4v) is 2.92. The van der Waals surface area contributed by atoms with Gasteiger partial charge in [-0.25, -0.2) is 0 Å². The first-order chi connectivity index (χ1) is 10.7. The second kappa shape index (κ2) is 6.87. The Kier molecular flexibility index (Phi) is 4.67. The van der Waals surface area contributed by atoms with Gasteiger partial charge < -0.3 is 9.64 Å².